The minimum atomic E-state index is -0.0651. The van der Waals surface area contributed by atoms with E-state index in [1.54, 1.807) is 34.3 Å². The Morgan fingerprint density at radius 3 is 2.22 bits per heavy atom. The van der Waals surface area contributed by atoms with Gasteiger partial charge in [0.05, 0.1) is 17.0 Å². The molecule has 36 heavy (non-hydrogen) atoms. The van der Waals surface area contributed by atoms with Gasteiger partial charge < -0.3 is 14.7 Å². The van der Waals surface area contributed by atoms with Crippen molar-refractivity contribution in [3.05, 3.63) is 84.2 Å². The SMILES string of the molecule is CN(c1ccc(/C=C/C(=O)N2CCN(C(=O)c3ccc(-c4ccccn4)nc3)CC2)cc1)C1CCC1. The van der Waals surface area contributed by atoms with Crippen LogP contribution in [0.1, 0.15) is 35.2 Å². The number of carbonyl (C=O) groups excluding carboxylic acids is 2. The lowest BCUT2D eigenvalue weighted by Gasteiger charge is -2.36. The molecule has 184 valence electrons. The van der Waals surface area contributed by atoms with E-state index < -0.39 is 0 Å². The number of hydrogen-bond donors (Lipinski definition) is 0. The lowest BCUT2D eigenvalue weighted by molar-refractivity contribution is -0.127. The summed E-state index contributed by atoms with van der Waals surface area (Å²) in [4.78, 5) is 40.2. The molecule has 5 rings (SSSR count). The molecule has 0 N–H and O–H groups in total. The van der Waals surface area contributed by atoms with Crippen molar-refractivity contribution in [3.63, 3.8) is 0 Å². The van der Waals surface area contributed by atoms with Crippen molar-refractivity contribution in [3.8, 4) is 11.4 Å². The smallest absolute Gasteiger partial charge is 0.255 e. The van der Waals surface area contributed by atoms with E-state index >= 15 is 0 Å². The number of nitrogens with zero attached hydrogens (tertiary/aromatic N) is 5. The standard InChI is InChI=1S/C29H31N5O2/c1-32(24-5-4-6-24)25-12-8-22(9-13-25)10-15-28(35)33-17-19-34(20-18-33)29(36)23-11-14-27(31-21-23)26-7-2-3-16-30-26/h2-3,7-16,21,24H,4-6,17-20H2,1H3/b15-10+. The minimum absolute atomic E-state index is 0.0286. The van der Waals surface area contributed by atoms with Gasteiger partial charge in [-0.25, -0.2) is 0 Å². The lowest BCUT2D eigenvalue weighted by Crippen LogP contribution is -2.50. The van der Waals surface area contributed by atoms with Crippen LogP contribution in [0.5, 0.6) is 0 Å². The first-order chi connectivity index (χ1) is 17.6. The molecular weight excluding hydrogens is 450 g/mol. The Hall–Kier alpha value is -4.00. The minimum Gasteiger partial charge on any atom is -0.372 e. The molecule has 2 aromatic heterocycles. The van der Waals surface area contributed by atoms with E-state index in [2.05, 4.69) is 46.2 Å². The molecule has 1 saturated carbocycles. The second-order valence-electron chi connectivity index (χ2n) is 9.39. The van der Waals surface area contributed by atoms with E-state index in [4.69, 9.17) is 0 Å². The summed E-state index contributed by atoms with van der Waals surface area (Å²) in [6.07, 6.45) is 10.7. The molecule has 0 radical (unpaired) electrons. The molecule has 7 heteroatoms. The van der Waals surface area contributed by atoms with Crippen molar-refractivity contribution in [2.24, 2.45) is 0 Å². The van der Waals surface area contributed by atoms with Gasteiger partial charge in [0.25, 0.3) is 5.91 Å². The summed E-state index contributed by atoms with van der Waals surface area (Å²) < 4.78 is 0. The molecule has 2 aliphatic rings. The summed E-state index contributed by atoms with van der Waals surface area (Å²) in [5.41, 5.74) is 4.26. The molecule has 1 saturated heterocycles. The highest BCUT2D eigenvalue weighted by Gasteiger charge is 2.24. The number of piperazine rings is 1. The molecule has 3 heterocycles. The zero-order chi connectivity index (χ0) is 24.9. The fourth-order valence-corrected chi connectivity index (χ4v) is 4.58. The van der Waals surface area contributed by atoms with Crippen LogP contribution in [0.15, 0.2) is 73.1 Å². The monoisotopic (exact) mass is 481 g/mol. The van der Waals surface area contributed by atoms with Crippen LogP contribution in [-0.4, -0.2) is 70.9 Å². The number of rotatable bonds is 6. The van der Waals surface area contributed by atoms with Gasteiger partial charge in [-0.15, -0.1) is 0 Å². The van der Waals surface area contributed by atoms with Crippen LogP contribution < -0.4 is 4.90 Å². The molecule has 0 unspecified atom stereocenters. The Balaban J connectivity index is 1.12. The van der Waals surface area contributed by atoms with Crippen molar-refractivity contribution < 1.29 is 9.59 Å². The average Bonchev–Trinajstić information content (AvgIpc) is 2.91. The number of hydrogen-bond acceptors (Lipinski definition) is 5. The van der Waals surface area contributed by atoms with E-state index in [0.29, 0.717) is 37.8 Å². The third-order valence-electron chi connectivity index (χ3n) is 7.16. The zero-order valence-electron chi connectivity index (χ0n) is 20.6. The molecule has 2 fully saturated rings. The number of aromatic nitrogens is 2. The van der Waals surface area contributed by atoms with Crippen LogP contribution >= 0.6 is 0 Å². The first-order valence-electron chi connectivity index (χ1n) is 12.5. The van der Waals surface area contributed by atoms with Crippen LogP contribution in [-0.2, 0) is 4.79 Å². The number of pyridine rings is 2. The van der Waals surface area contributed by atoms with Crippen molar-refractivity contribution >= 4 is 23.6 Å². The summed E-state index contributed by atoms with van der Waals surface area (Å²) in [6, 6.07) is 18.2. The second-order valence-corrected chi connectivity index (χ2v) is 9.39. The van der Waals surface area contributed by atoms with E-state index in [0.717, 1.165) is 17.0 Å². The van der Waals surface area contributed by atoms with Gasteiger partial charge in [-0.2, -0.15) is 0 Å². The predicted octanol–water partition coefficient (Wildman–Crippen LogP) is 4.13. The number of amides is 2. The van der Waals surface area contributed by atoms with E-state index in [1.165, 1.54) is 24.9 Å². The zero-order valence-corrected chi connectivity index (χ0v) is 20.6. The van der Waals surface area contributed by atoms with Crippen LogP contribution in [0, 0.1) is 0 Å². The number of benzene rings is 1. The summed E-state index contributed by atoms with van der Waals surface area (Å²) in [5, 5.41) is 0. The van der Waals surface area contributed by atoms with E-state index in [9.17, 15) is 9.59 Å². The fraction of sp³-hybridized carbons (Fsp3) is 0.310. The van der Waals surface area contributed by atoms with Gasteiger partial charge in [0.2, 0.25) is 5.91 Å². The molecule has 2 amide bonds. The molecule has 0 spiro atoms. The predicted molar refractivity (Wildman–Crippen MR) is 141 cm³/mol. The molecule has 1 aliphatic carbocycles. The van der Waals surface area contributed by atoms with Gasteiger partial charge in [-0.3, -0.25) is 19.6 Å². The van der Waals surface area contributed by atoms with Gasteiger partial charge >= 0.3 is 0 Å². The first kappa shape index (κ1) is 23.7. The molecule has 1 aromatic carbocycles. The van der Waals surface area contributed by atoms with Crippen molar-refractivity contribution in [2.75, 3.05) is 38.1 Å². The maximum Gasteiger partial charge on any atom is 0.255 e. The first-order valence-corrected chi connectivity index (χ1v) is 12.5. The number of carbonyl (C=O) groups is 2. The summed E-state index contributed by atoms with van der Waals surface area (Å²) in [7, 11) is 2.15. The Labute approximate surface area is 212 Å². The van der Waals surface area contributed by atoms with E-state index in [-0.39, 0.29) is 11.8 Å². The molecule has 0 bridgehead atoms. The second kappa shape index (κ2) is 10.7. The van der Waals surface area contributed by atoms with Gasteiger partial charge in [-0.1, -0.05) is 18.2 Å². The highest BCUT2D eigenvalue weighted by molar-refractivity contribution is 5.95. The van der Waals surface area contributed by atoms with Crippen LogP contribution in [0.2, 0.25) is 0 Å². The van der Waals surface area contributed by atoms with Gasteiger partial charge in [0.1, 0.15) is 0 Å². The maximum atomic E-state index is 12.9. The summed E-state index contributed by atoms with van der Waals surface area (Å²) in [6.45, 7) is 2.03. The van der Waals surface area contributed by atoms with Crippen molar-refractivity contribution in [2.45, 2.75) is 25.3 Å². The highest BCUT2D eigenvalue weighted by atomic mass is 16.2. The summed E-state index contributed by atoms with van der Waals surface area (Å²) >= 11 is 0. The quantitative estimate of drug-likeness (QED) is 0.495. The van der Waals surface area contributed by atoms with Gasteiger partial charge in [-0.05, 0) is 67.3 Å². The van der Waals surface area contributed by atoms with Gasteiger partial charge in [0, 0.05) is 63.4 Å². The Kier molecular flexibility index (Phi) is 7.07. The topological polar surface area (TPSA) is 69.6 Å². The van der Waals surface area contributed by atoms with Gasteiger partial charge in [0.15, 0.2) is 0 Å². The summed E-state index contributed by atoms with van der Waals surface area (Å²) in [5.74, 6) is -0.0937. The highest BCUT2D eigenvalue weighted by Crippen LogP contribution is 2.28. The van der Waals surface area contributed by atoms with Crippen LogP contribution in [0.25, 0.3) is 17.5 Å². The van der Waals surface area contributed by atoms with Crippen LogP contribution in [0.3, 0.4) is 0 Å². The maximum absolute atomic E-state index is 12.9. The average molecular weight is 482 g/mol. The molecular formula is C29H31N5O2. The molecule has 3 aromatic rings. The third kappa shape index (κ3) is 5.30. The van der Waals surface area contributed by atoms with Crippen molar-refractivity contribution in [1.82, 2.24) is 19.8 Å². The Bertz CT molecular complexity index is 1210. The van der Waals surface area contributed by atoms with Crippen molar-refractivity contribution in [1.29, 1.82) is 0 Å². The molecule has 7 nitrogen and oxygen atoms in total. The Morgan fingerprint density at radius 2 is 1.61 bits per heavy atom. The normalized spacial score (nSPS) is 16.1. The lowest BCUT2D eigenvalue weighted by atomic mass is 9.91. The molecule has 0 atom stereocenters. The Morgan fingerprint density at radius 1 is 0.889 bits per heavy atom. The largest absolute Gasteiger partial charge is 0.372 e. The molecule has 1 aliphatic heterocycles. The van der Waals surface area contributed by atoms with Crippen LogP contribution in [0.4, 0.5) is 5.69 Å². The van der Waals surface area contributed by atoms with E-state index in [1.807, 2.05) is 30.3 Å². The fourth-order valence-electron chi connectivity index (χ4n) is 4.58. The third-order valence-corrected chi connectivity index (χ3v) is 7.16. The number of anilines is 1.